The zero-order valence-electron chi connectivity index (χ0n) is 14.7. The molecule has 0 aliphatic carbocycles. The third-order valence-electron chi connectivity index (χ3n) is 3.95. The number of rotatable bonds is 8. The largest absolute Gasteiger partial charge is 0.479 e. The number of ether oxygens (including phenoxy) is 2. The van der Waals surface area contributed by atoms with Crippen molar-refractivity contribution in [3.8, 4) is 16.9 Å². The Hall–Kier alpha value is -3.06. The average molecular weight is 355 g/mol. The zero-order valence-corrected chi connectivity index (χ0v) is 14.7. The van der Waals surface area contributed by atoms with Gasteiger partial charge in [0, 0.05) is 25.2 Å². The van der Waals surface area contributed by atoms with Gasteiger partial charge in [-0.25, -0.2) is 9.78 Å². The first-order valence-electron chi connectivity index (χ1n) is 8.29. The molecule has 7 heteroatoms. The van der Waals surface area contributed by atoms with Crippen LogP contribution in [0.25, 0.3) is 22.2 Å². The van der Waals surface area contributed by atoms with Crippen molar-refractivity contribution in [1.82, 2.24) is 9.97 Å². The van der Waals surface area contributed by atoms with E-state index in [4.69, 9.17) is 14.6 Å². The molecule has 26 heavy (non-hydrogen) atoms. The Morgan fingerprint density at radius 1 is 1.35 bits per heavy atom. The van der Waals surface area contributed by atoms with E-state index in [1.165, 1.54) is 6.92 Å². The summed E-state index contributed by atoms with van der Waals surface area (Å²) in [5.41, 5.74) is 2.67. The molecule has 2 aromatic heterocycles. The van der Waals surface area contributed by atoms with E-state index in [0.717, 1.165) is 28.0 Å². The molecule has 0 saturated carbocycles. The third kappa shape index (κ3) is 3.94. The first-order chi connectivity index (χ1) is 12.6. The van der Waals surface area contributed by atoms with Crippen LogP contribution in [0.1, 0.15) is 6.92 Å². The minimum Gasteiger partial charge on any atom is -0.479 e. The molecule has 0 radical (unpaired) electrons. The number of carboxylic acids is 1. The van der Waals surface area contributed by atoms with Crippen LogP contribution in [0, 0.1) is 0 Å². The number of H-pyrrole nitrogens is 1. The van der Waals surface area contributed by atoms with Crippen LogP contribution in [0.4, 0.5) is 5.82 Å². The number of aromatic amines is 1. The van der Waals surface area contributed by atoms with Gasteiger partial charge in [-0.3, -0.25) is 0 Å². The van der Waals surface area contributed by atoms with Crippen LogP contribution in [0.15, 0.2) is 42.6 Å². The maximum Gasteiger partial charge on any atom is 0.344 e. The van der Waals surface area contributed by atoms with Gasteiger partial charge in [0.2, 0.25) is 0 Å². The highest BCUT2D eigenvalue weighted by molar-refractivity contribution is 5.95. The molecule has 1 aromatic carbocycles. The van der Waals surface area contributed by atoms with E-state index < -0.39 is 12.1 Å². The van der Waals surface area contributed by atoms with Crippen LogP contribution in [0.2, 0.25) is 0 Å². The molecule has 0 aliphatic heterocycles. The van der Waals surface area contributed by atoms with Gasteiger partial charge in [-0.1, -0.05) is 12.1 Å². The predicted molar refractivity (Wildman–Crippen MR) is 99.6 cm³/mol. The number of carbonyl (C=O) groups is 1. The van der Waals surface area contributed by atoms with Crippen molar-refractivity contribution in [1.29, 1.82) is 0 Å². The molecule has 1 unspecified atom stereocenters. The molecule has 136 valence electrons. The minimum absolute atomic E-state index is 0.506. The second-order valence-corrected chi connectivity index (χ2v) is 5.84. The number of nitrogens with one attached hydrogen (secondary N) is 2. The van der Waals surface area contributed by atoms with E-state index in [-0.39, 0.29) is 0 Å². The van der Waals surface area contributed by atoms with E-state index in [9.17, 15) is 4.79 Å². The minimum atomic E-state index is -1.00. The lowest BCUT2D eigenvalue weighted by Crippen LogP contribution is -2.22. The SMILES string of the molecule is COCCNc1cc(-c2cccc(OC(C)C(=O)O)c2)c2cc[nH]c2n1. The number of benzene rings is 1. The van der Waals surface area contributed by atoms with Gasteiger partial charge in [-0.15, -0.1) is 0 Å². The fourth-order valence-electron chi connectivity index (χ4n) is 2.64. The van der Waals surface area contributed by atoms with Gasteiger partial charge < -0.3 is 24.9 Å². The molecule has 0 aliphatic rings. The smallest absolute Gasteiger partial charge is 0.344 e. The number of aromatic nitrogens is 2. The summed E-state index contributed by atoms with van der Waals surface area (Å²) in [6.45, 7) is 2.73. The van der Waals surface area contributed by atoms with Crippen molar-refractivity contribution >= 4 is 22.8 Å². The van der Waals surface area contributed by atoms with Gasteiger partial charge >= 0.3 is 5.97 Å². The molecule has 0 fully saturated rings. The average Bonchev–Trinajstić information content (AvgIpc) is 3.10. The topological polar surface area (TPSA) is 96.5 Å². The molecule has 0 saturated heterocycles. The van der Waals surface area contributed by atoms with Gasteiger partial charge in [-0.05, 0) is 42.3 Å². The molecule has 7 nitrogen and oxygen atoms in total. The monoisotopic (exact) mass is 355 g/mol. The number of aliphatic carboxylic acids is 1. The van der Waals surface area contributed by atoms with Crippen LogP contribution >= 0.6 is 0 Å². The van der Waals surface area contributed by atoms with Crippen LogP contribution in [0.3, 0.4) is 0 Å². The Morgan fingerprint density at radius 2 is 2.19 bits per heavy atom. The van der Waals surface area contributed by atoms with Crippen molar-refractivity contribution in [3.05, 3.63) is 42.6 Å². The molecule has 3 aromatic rings. The van der Waals surface area contributed by atoms with Gasteiger partial charge in [0.15, 0.2) is 6.10 Å². The summed E-state index contributed by atoms with van der Waals surface area (Å²) < 4.78 is 10.5. The van der Waals surface area contributed by atoms with Crippen molar-refractivity contribution in [2.75, 3.05) is 25.6 Å². The van der Waals surface area contributed by atoms with E-state index in [1.807, 2.05) is 36.5 Å². The molecule has 3 N–H and O–H groups in total. The summed E-state index contributed by atoms with van der Waals surface area (Å²) in [5.74, 6) is 0.237. The number of anilines is 1. The van der Waals surface area contributed by atoms with Crippen LogP contribution < -0.4 is 10.1 Å². The Balaban J connectivity index is 1.96. The number of methoxy groups -OCH3 is 1. The standard InChI is InChI=1S/C19H21N3O4/c1-12(19(23)24)26-14-5-3-4-13(10-14)16-11-17(20-8-9-25-2)22-18-15(16)6-7-21-18/h3-7,10-12H,8-9H2,1-2H3,(H,23,24)(H2,20,21,22). The van der Waals surface area contributed by atoms with E-state index in [0.29, 0.717) is 18.9 Å². The van der Waals surface area contributed by atoms with E-state index >= 15 is 0 Å². The lowest BCUT2D eigenvalue weighted by atomic mass is 10.0. The lowest BCUT2D eigenvalue weighted by molar-refractivity contribution is -0.144. The van der Waals surface area contributed by atoms with Crippen LogP contribution in [0.5, 0.6) is 5.75 Å². The molecular formula is C19H21N3O4. The molecule has 0 bridgehead atoms. The maximum absolute atomic E-state index is 11.0. The van der Waals surface area contributed by atoms with Crippen molar-refractivity contribution in [3.63, 3.8) is 0 Å². The van der Waals surface area contributed by atoms with E-state index in [2.05, 4.69) is 15.3 Å². The summed E-state index contributed by atoms with van der Waals surface area (Å²) in [7, 11) is 1.65. The maximum atomic E-state index is 11.0. The van der Waals surface area contributed by atoms with Crippen molar-refractivity contribution < 1.29 is 19.4 Å². The highest BCUT2D eigenvalue weighted by Crippen LogP contribution is 2.32. The molecular weight excluding hydrogens is 334 g/mol. The number of fused-ring (bicyclic) bond motifs is 1. The number of hydrogen-bond donors (Lipinski definition) is 3. The highest BCUT2D eigenvalue weighted by Gasteiger charge is 2.14. The highest BCUT2D eigenvalue weighted by atomic mass is 16.5. The van der Waals surface area contributed by atoms with Gasteiger partial charge in [-0.2, -0.15) is 0 Å². The first kappa shape index (κ1) is 17.8. The predicted octanol–water partition coefficient (Wildman–Crippen LogP) is 3.14. The van der Waals surface area contributed by atoms with E-state index in [1.54, 1.807) is 13.2 Å². The molecule has 0 amide bonds. The quantitative estimate of drug-likeness (QED) is 0.537. The number of hydrogen-bond acceptors (Lipinski definition) is 5. The molecule has 0 spiro atoms. The Bertz CT molecular complexity index is 907. The summed E-state index contributed by atoms with van der Waals surface area (Å²) >= 11 is 0. The normalized spacial score (nSPS) is 12.1. The molecule has 2 heterocycles. The second-order valence-electron chi connectivity index (χ2n) is 5.84. The van der Waals surface area contributed by atoms with Crippen LogP contribution in [-0.4, -0.2) is 47.4 Å². The summed E-state index contributed by atoms with van der Waals surface area (Å²) in [6, 6.07) is 11.3. The van der Waals surface area contributed by atoms with Gasteiger partial charge in [0.05, 0.1) is 6.61 Å². The molecule has 3 rings (SSSR count). The molecule has 1 atom stereocenters. The summed E-state index contributed by atoms with van der Waals surface area (Å²) in [6.07, 6.45) is 0.925. The summed E-state index contributed by atoms with van der Waals surface area (Å²) in [4.78, 5) is 18.7. The number of pyridine rings is 1. The zero-order chi connectivity index (χ0) is 18.5. The Morgan fingerprint density at radius 3 is 2.96 bits per heavy atom. The third-order valence-corrected chi connectivity index (χ3v) is 3.95. The fraction of sp³-hybridized carbons (Fsp3) is 0.263. The Kier molecular flexibility index (Phi) is 5.38. The Labute approximate surface area is 151 Å². The van der Waals surface area contributed by atoms with Gasteiger partial charge in [0.1, 0.15) is 17.2 Å². The van der Waals surface area contributed by atoms with Gasteiger partial charge in [0.25, 0.3) is 0 Å². The van der Waals surface area contributed by atoms with Crippen molar-refractivity contribution in [2.45, 2.75) is 13.0 Å². The number of carboxylic acid groups (broad SMARTS) is 1. The first-order valence-corrected chi connectivity index (χ1v) is 8.29. The van der Waals surface area contributed by atoms with Crippen molar-refractivity contribution in [2.24, 2.45) is 0 Å². The summed E-state index contributed by atoms with van der Waals surface area (Å²) in [5, 5.41) is 13.2. The number of nitrogens with zero attached hydrogens (tertiary/aromatic N) is 1. The lowest BCUT2D eigenvalue weighted by Gasteiger charge is -2.13. The fourth-order valence-corrected chi connectivity index (χ4v) is 2.64. The van der Waals surface area contributed by atoms with Crippen LogP contribution in [-0.2, 0) is 9.53 Å². The second kappa shape index (κ2) is 7.88.